The first kappa shape index (κ1) is 16.0. The Labute approximate surface area is 144 Å². The van der Waals surface area contributed by atoms with Crippen LogP contribution in [-0.2, 0) is 0 Å². The Hall–Kier alpha value is -2.85. The van der Waals surface area contributed by atoms with Crippen molar-refractivity contribution in [1.82, 2.24) is 4.98 Å². The molecule has 0 radical (unpaired) electrons. The number of fused-ring (bicyclic) bond motifs is 1. The van der Waals surface area contributed by atoms with Crippen LogP contribution in [0, 0.1) is 25.7 Å². The van der Waals surface area contributed by atoms with Gasteiger partial charge in [0.15, 0.2) is 0 Å². The van der Waals surface area contributed by atoms with Crippen LogP contribution in [0.3, 0.4) is 0 Å². The summed E-state index contributed by atoms with van der Waals surface area (Å²) in [5.74, 6) is 6.12. The number of pyridine rings is 1. The fourth-order valence-corrected chi connectivity index (χ4v) is 3.06. The van der Waals surface area contributed by atoms with E-state index in [9.17, 15) is 0 Å². The molecule has 0 saturated heterocycles. The van der Waals surface area contributed by atoms with Gasteiger partial charge < -0.3 is 0 Å². The summed E-state index contributed by atoms with van der Waals surface area (Å²) in [6.45, 7) is 8.21. The van der Waals surface area contributed by atoms with E-state index in [1.165, 1.54) is 22.1 Å². The second-order valence-corrected chi connectivity index (χ2v) is 5.95. The highest BCUT2D eigenvalue weighted by Gasteiger charge is 2.11. The molecule has 1 heterocycles. The highest BCUT2D eigenvalue weighted by molar-refractivity contribution is 5.87. The normalized spacial score (nSPS) is 11.2. The highest BCUT2D eigenvalue weighted by Crippen LogP contribution is 2.28. The molecule has 0 unspecified atom stereocenters. The fraction of sp³-hybridized carbons (Fsp3) is 0.174. The standard InChI is InChI=1S/C23H21N/c1-5-9-18-13-12-16(3)21(15-18)19(6-2)23-14-17(4)20-10-7-8-11-22(20)24-23/h6-8,10-15H,1-4H3/b19-6+. The van der Waals surface area contributed by atoms with Crippen molar-refractivity contribution >= 4 is 16.5 Å². The summed E-state index contributed by atoms with van der Waals surface area (Å²) in [6.07, 6.45) is 2.14. The Balaban J connectivity index is 2.20. The van der Waals surface area contributed by atoms with Gasteiger partial charge in [0.25, 0.3) is 0 Å². The van der Waals surface area contributed by atoms with Gasteiger partial charge in [-0.05, 0) is 68.7 Å². The lowest BCUT2D eigenvalue weighted by Crippen LogP contribution is -1.97. The van der Waals surface area contributed by atoms with Gasteiger partial charge in [0, 0.05) is 16.5 Å². The summed E-state index contributed by atoms with van der Waals surface area (Å²) in [7, 11) is 0. The quantitative estimate of drug-likeness (QED) is 0.555. The van der Waals surface area contributed by atoms with Crippen LogP contribution in [0.2, 0.25) is 0 Å². The molecule has 3 rings (SSSR count). The Morgan fingerprint density at radius 3 is 2.54 bits per heavy atom. The van der Waals surface area contributed by atoms with E-state index in [1.807, 2.05) is 13.0 Å². The van der Waals surface area contributed by atoms with Crippen molar-refractivity contribution in [1.29, 1.82) is 0 Å². The molecule has 0 fully saturated rings. The van der Waals surface area contributed by atoms with Gasteiger partial charge in [0.1, 0.15) is 0 Å². The largest absolute Gasteiger partial charge is 0.248 e. The second-order valence-electron chi connectivity index (χ2n) is 5.95. The molecule has 0 bridgehead atoms. The lowest BCUT2D eigenvalue weighted by Gasteiger charge is -2.13. The zero-order valence-corrected chi connectivity index (χ0v) is 14.6. The third kappa shape index (κ3) is 2.96. The molecule has 0 atom stereocenters. The Morgan fingerprint density at radius 1 is 1.00 bits per heavy atom. The Morgan fingerprint density at radius 2 is 1.79 bits per heavy atom. The van der Waals surface area contributed by atoms with Gasteiger partial charge in [-0.3, -0.25) is 0 Å². The Bertz CT molecular complexity index is 997. The molecular formula is C23H21N. The summed E-state index contributed by atoms with van der Waals surface area (Å²) in [5, 5.41) is 1.21. The number of hydrogen-bond donors (Lipinski definition) is 0. The summed E-state index contributed by atoms with van der Waals surface area (Å²) < 4.78 is 0. The zero-order valence-electron chi connectivity index (χ0n) is 14.6. The third-order valence-electron chi connectivity index (χ3n) is 4.28. The minimum Gasteiger partial charge on any atom is -0.248 e. The summed E-state index contributed by atoms with van der Waals surface area (Å²) in [4.78, 5) is 4.90. The number of aryl methyl sites for hydroxylation is 2. The molecule has 0 aliphatic heterocycles. The minimum absolute atomic E-state index is 1.01. The van der Waals surface area contributed by atoms with E-state index >= 15 is 0 Å². The van der Waals surface area contributed by atoms with Crippen LogP contribution < -0.4 is 0 Å². The molecule has 0 amide bonds. The number of aromatic nitrogens is 1. The lowest BCUT2D eigenvalue weighted by atomic mass is 9.94. The summed E-state index contributed by atoms with van der Waals surface area (Å²) in [5.41, 5.74) is 7.91. The first-order chi connectivity index (χ1) is 11.6. The van der Waals surface area contributed by atoms with Crippen LogP contribution in [-0.4, -0.2) is 4.98 Å². The molecule has 0 spiro atoms. The molecule has 1 nitrogen and oxygen atoms in total. The molecule has 1 aromatic heterocycles. The molecule has 3 aromatic rings. The molecule has 1 heteroatoms. The maximum atomic E-state index is 4.90. The molecule has 0 N–H and O–H groups in total. The van der Waals surface area contributed by atoms with Crippen molar-refractivity contribution < 1.29 is 0 Å². The Kier molecular flexibility index (Phi) is 4.49. The summed E-state index contributed by atoms with van der Waals surface area (Å²) in [6, 6.07) is 16.8. The maximum absolute atomic E-state index is 4.90. The van der Waals surface area contributed by atoms with Crippen molar-refractivity contribution in [2.24, 2.45) is 0 Å². The van der Waals surface area contributed by atoms with E-state index in [1.54, 1.807) is 0 Å². The van der Waals surface area contributed by atoms with E-state index in [4.69, 9.17) is 4.98 Å². The van der Waals surface area contributed by atoms with Crippen molar-refractivity contribution in [2.45, 2.75) is 27.7 Å². The maximum Gasteiger partial charge on any atom is 0.0715 e. The average molecular weight is 311 g/mol. The molecule has 0 saturated carbocycles. The minimum atomic E-state index is 1.01. The van der Waals surface area contributed by atoms with E-state index in [2.05, 4.69) is 81.2 Å². The monoisotopic (exact) mass is 311 g/mol. The van der Waals surface area contributed by atoms with Gasteiger partial charge >= 0.3 is 0 Å². The molecule has 0 aliphatic rings. The van der Waals surface area contributed by atoms with Crippen LogP contribution in [0.15, 0.2) is 54.6 Å². The second kappa shape index (κ2) is 6.72. The fourth-order valence-electron chi connectivity index (χ4n) is 3.06. The number of allylic oxidation sites excluding steroid dienone is 1. The molecule has 0 aliphatic carbocycles. The van der Waals surface area contributed by atoms with Gasteiger partial charge in [-0.2, -0.15) is 0 Å². The van der Waals surface area contributed by atoms with Gasteiger partial charge in [0.05, 0.1) is 11.2 Å². The van der Waals surface area contributed by atoms with Crippen LogP contribution in [0.1, 0.15) is 41.8 Å². The number of para-hydroxylation sites is 1. The van der Waals surface area contributed by atoms with Gasteiger partial charge in [0.2, 0.25) is 0 Å². The van der Waals surface area contributed by atoms with E-state index in [0.717, 1.165) is 22.3 Å². The van der Waals surface area contributed by atoms with Gasteiger partial charge in [-0.1, -0.05) is 36.3 Å². The van der Waals surface area contributed by atoms with Gasteiger partial charge in [-0.25, -0.2) is 4.98 Å². The van der Waals surface area contributed by atoms with Crippen molar-refractivity contribution in [2.75, 3.05) is 0 Å². The average Bonchev–Trinajstić information content (AvgIpc) is 2.59. The van der Waals surface area contributed by atoms with E-state index in [0.29, 0.717) is 0 Å². The first-order valence-corrected chi connectivity index (χ1v) is 8.21. The van der Waals surface area contributed by atoms with Crippen LogP contribution in [0.5, 0.6) is 0 Å². The van der Waals surface area contributed by atoms with E-state index < -0.39 is 0 Å². The zero-order chi connectivity index (χ0) is 17.1. The number of nitrogens with zero attached hydrogens (tertiary/aromatic N) is 1. The summed E-state index contributed by atoms with van der Waals surface area (Å²) >= 11 is 0. The predicted molar refractivity (Wildman–Crippen MR) is 103 cm³/mol. The van der Waals surface area contributed by atoms with Crippen LogP contribution >= 0.6 is 0 Å². The third-order valence-corrected chi connectivity index (χ3v) is 4.28. The van der Waals surface area contributed by atoms with Crippen molar-refractivity contribution in [3.63, 3.8) is 0 Å². The number of benzene rings is 2. The van der Waals surface area contributed by atoms with Crippen LogP contribution in [0.25, 0.3) is 16.5 Å². The van der Waals surface area contributed by atoms with Crippen molar-refractivity contribution in [3.8, 4) is 11.8 Å². The lowest BCUT2D eigenvalue weighted by molar-refractivity contribution is 1.29. The topological polar surface area (TPSA) is 12.9 Å². The number of rotatable bonds is 2. The number of hydrogen-bond acceptors (Lipinski definition) is 1. The molecule has 118 valence electrons. The van der Waals surface area contributed by atoms with Gasteiger partial charge in [-0.15, -0.1) is 5.92 Å². The SMILES string of the molecule is CC#Cc1ccc(C)c(/C(=C\C)c2cc(C)c3ccccc3n2)c1. The van der Waals surface area contributed by atoms with Crippen LogP contribution in [0.4, 0.5) is 0 Å². The highest BCUT2D eigenvalue weighted by atomic mass is 14.7. The molecule has 24 heavy (non-hydrogen) atoms. The smallest absolute Gasteiger partial charge is 0.0715 e. The molecular weight excluding hydrogens is 290 g/mol. The first-order valence-electron chi connectivity index (χ1n) is 8.21. The predicted octanol–water partition coefficient (Wildman–Crippen LogP) is 5.67. The molecule has 2 aromatic carbocycles. The van der Waals surface area contributed by atoms with E-state index in [-0.39, 0.29) is 0 Å². The van der Waals surface area contributed by atoms with Crippen molar-refractivity contribution in [3.05, 3.63) is 82.6 Å².